The van der Waals surface area contributed by atoms with Crippen LogP contribution in [0.2, 0.25) is 0 Å². The summed E-state index contributed by atoms with van der Waals surface area (Å²) in [5.74, 6) is 1.05. The second-order valence-corrected chi connectivity index (χ2v) is 5.25. The summed E-state index contributed by atoms with van der Waals surface area (Å²) in [7, 11) is 0. The Bertz CT molecular complexity index is 376. The Morgan fingerprint density at radius 3 is 2.94 bits per heavy atom. The topological polar surface area (TPSA) is 63.8 Å². The average molecular weight is 248 g/mol. The lowest BCUT2D eigenvalue weighted by molar-refractivity contribution is 0.638. The van der Waals surface area contributed by atoms with E-state index in [-0.39, 0.29) is 6.04 Å². The molecule has 1 aromatic rings. The minimum Gasteiger partial charge on any atom is -0.370 e. The van der Waals surface area contributed by atoms with Crippen LogP contribution in [0.4, 0.5) is 5.82 Å². The smallest absolute Gasteiger partial charge is 0.132 e. The molecule has 100 valence electrons. The molecule has 1 aliphatic carbocycles. The van der Waals surface area contributed by atoms with Crippen LogP contribution in [0.5, 0.6) is 0 Å². The van der Waals surface area contributed by atoms with Gasteiger partial charge in [-0.15, -0.1) is 0 Å². The lowest BCUT2D eigenvalue weighted by Gasteiger charge is -2.12. The summed E-state index contributed by atoms with van der Waals surface area (Å²) < 4.78 is 0. The van der Waals surface area contributed by atoms with Crippen molar-refractivity contribution in [2.24, 2.45) is 5.73 Å². The molecule has 1 atom stereocenters. The maximum absolute atomic E-state index is 5.75. The van der Waals surface area contributed by atoms with Gasteiger partial charge in [0.05, 0.1) is 0 Å². The molecular formula is C14H24N4. The van der Waals surface area contributed by atoms with Crippen molar-refractivity contribution in [2.75, 3.05) is 11.9 Å². The van der Waals surface area contributed by atoms with Crippen LogP contribution in [0.15, 0.2) is 6.33 Å². The summed E-state index contributed by atoms with van der Waals surface area (Å²) in [5, 5.41) is 3.45. The van der Waals surface area contributed by atoms with E-state index in [1.54, 1.807) is 6.33 Å². The predicted octanol–water partition coefficient (Wildman–Crippen LogP) is 2.28. The first kappa shape index (κ1) is 13.3. The van der Waals surface area contributed by atoms with Crippen LogP contribution in [0.1, 0.15) is 50.3 Å². The van der Waals surface area contributed by atoms with E-state index >= 15 is 0 Å². The molecule has 18 heavy (non-hydrogen) atoms. The Morgan fingerprint density at radius 2 is 2.11 bits per heavy atom. The van der Waals surface area contributed by atoms with Crippen molar-refractivity contribution in [3.05, 3.63) is 17.6 Å². The zero-order valence-electron chi connectivity index (χ0n) is 11.3. The van der Waals surface area contributed by atoms with Gasteiger partial charge in [0.15, 0.2) is 0 Å². The third-order valence-corrected chi connectivity index (χ3v) is 3.50. The third kappa shape index (κ3) is 3.67. The maximum Gasteiger partial charge on any atom is 0.132 e. The second kappa shape index (κ2) is 6.69. The van der Waals surface area contributed by atoms with E-state index in [1.165, 1.54) is 30.5 Å². The number of hydrogen-bond donors (Lipinski definition) is 2. The normalized spacial score (nSPS) is 16.8. The quantitative estimate of drug-likeness (QED) is 0.620. The molecule has 0 radical (unpaired) electrons. The number of nitrogens with one attached hydrogen (secondary N) is 1. The first-order valence-electron chi connectivity index (χ1n) is 7.09. The van der Waals surface area contributed by atoms with Crippen LogP contribution in [-0.4, -0.2) is 22.6 Å². The van der Waals surface area contributed by atoms with E-state index in [1.807, 2.05) is 0 Å². The van der Waals surface area contributed by atoms with Gasteiger partial charge < -0.3 is 11.1 Å². The Kier molecular flexibility index (Phi) is 4.93. The minimum absolute atomic E-state index is 0.286. The van der Waals surface area contributed by atoms with Crippen molar-refractivity contribution in [2.45, 2.75) is 57.9 Å². The molecule has 0 spiro atoms. The van der Waals surface area contributed by atoms with Gasteiger partial charge >= 0.3 is 0 Å². The largest absolute Gasteiger partial charge is 0.370 e. The molecule has 0 fully saturated rings. The first-order valence-corrected chi connectivity index (χ1v) is 7.09. The second-order valence-electron chi connectivity index (χ2n) is 5.25. The Balaban J connectivity index is 1.95. The monoisotopic (exact) mass is 248 g/mol. The Hall–Kier alpha value is -1.16. The van der Waals surface area contributed by atoms with Crippen molar-refractivity contribution in [3.63, 3.8) is 0 Å². The number of fused-ring (bicyclic) bond motifs is 1. The molecule has 2 rings (SSSR count). The Morgan fingerprint density at radius 1 is 1.28 bits per heavy atom. The van der Waals surface area contributed by atoms with E-state index in [2.05, 4.69) is 22.2 Å². The molecule has 4 heteroatoms. The SMILES string of the molecule is CC(N)CCCNc1ncnc2c1CCCCC2. The number of anilines is 1. The fourth-order valence-electron chi connectivity index (χ4n) is 2.48. The molecule has 1 aromatic heterocycles. The highest BCUT2D eigenvalue weighted by molar-refractivity contribution is 5.46. The zero-order valence-corrected chi connectivity index (χ0v) is 11.3. The van der Waals surface area contributed by atoms with E-state index in [4.69, 9.17) is 5.73 Å². The molecule has 0 saturated heterocycles. The highest BCUT2D eigenvalue weighted by atomic mass is 15.0. The van der Waals surface area contributed by atoms with Crippen LogP contribution in [0.3, 0.4) is 0 Å². The number of nitrogens with two attached hydrogens (primary N) is 1. The molecule has 0 aromatic carbocycles. The van der Waals surface area contributed by atoms with Gasteiger partial charge in [0.1, 0.15) is 12.1 Å². The highest BCUT2D eigenvalue weighted by Crippen LogP contribution is 2.23. The molecule has 0 aliphatic heterocycles. The van der Waals surface area contributed by atoms with Gasteiger partial charge in [0.25, 0.3) is 0 Å². The van der Waals surface area contributed by atoms with Gasteiger partial charge in [0, 0.05) is 23.8 Å². The number of hydrogen-bond acceptors (Lipinski definition) is 4. The van der Waals surface area contributed by atoms with Gasteiger partial charge in [-0.25, -0.2) is 9.97 Å². The lowest BCUT2D eigenvalue weighted by Crippen LogP contribution is -2.17. The van der Waals surface area contributed by atoms with E-state index in [0.29, 0.717) is 0 Å². The maximum atomic E-state index is 5.75. The minimum atomic E-state index is 0.286. The summed E-state index contributed by atoms with van der Waals surface area (Å²) in [6.45, 7) is 3.00. The van der Waals surface area contributed by atoms with Crippen LogP contribution < -0.4 is 11.1 Å². The molecule has 1 heterocycles. The van der Waals surface area contributed by atoms with Crippen molar-refractivity contribution < 1.29 is 0 Å². The van der Waals surface area contributed by atoms with E-state index in [0.717, 1.165) is 38.0 Å². The number of aryl methyl sites for hydroxylation is 1. The third-order valence-electron chi connectivity index (χ3n) is 3.50. The predicted molar refractivity (Wildman–Crippen MR) is 74.7 cm³/mol. The van der Waals surface area contributed by atoms with Crippen LogP contribution >= 0.6 is 0 Å². The summed E-state index contributed by atoms with van der Waals surface area (Å²) >= 11 is 0. The van der Waals surface area contributed by atoms with Gasteiger partial charge in [-0.2, -0.15) is 0 Å². The number of aromatic nitrogens is 2. The molecule has 0 amide bonds. The molecule has 1 aliphatic rings. The molecule has 4 nitrogen and oxygen atoms in total. The van der Waals surface area contributed by atoms with E-state index < -0.39 is 0 Å². The van der Waals surface area contributed by atoms with Crippen LogP contribution in [-0.2, 0) is 12.8 Å². The molecule has 0 saturated carbocycles. The average Bonchev–Trinajstić information content (AvgIpc) is 2.60. The van der Waals surface area contributed by atoms with Crippen molar-refractivity contribution >= 4 is 5.82 Å². The molecular weight excluding hydrogens is 224 g/mol. The van der Waals surface area contributed by atoms with Crippen LogP contribution in [0, 0.1) is 0 Å². The summed E-state index contributed by atoms with van der Waals surface area (Å²) in [4.78, 5) is 8.82. The fourth-order valence-corrected chi connectivity index (χ4v) is 2.48. The summed E-state index contributed by atoms with van der Waals surface area (Å²) in [6, 6.07) is 0.286. The first-order chi connectivity index (χ1) is 8.77. The molecule has 0 bridgehead atoms. The lowest BCUT2D eigenvalue weighted by atomic mass is 10.1. The summed E-state index contributed by atoms with van der Waals surface area (Å²) in [5.41, 5.74) is 8.34. The number of rotatable bonds is 5. The fraction of sp³-hybridized carbons (Fsp3) is 0.714. The van der Waals surface area contributed by atoms with Crippen molar-refractivity contribution in [1.82, 2.24) is 9.97 Å². The van der Waals surface area contributed by atoms with Gasteiger partial charge in [-0.05, 0) is 45.4 Å². The zero-order chi connectivity index (χ0) is 12.8. The van der Waals surface area contributed by atoms with Crippen LogP contribution in [0.25, 0.3) is 0 Å². The Labute approximate surface area is 109 Å². The summed E-state index contributed by atoms with van der Waals surface area (Å²) in [6.07, 6.45) is 9.89. The van der Waals surface area contributed by atoms with E-state index in [9.17, 15) is 0 Å². The standard InChI is InChI=1S/C14H24N4/c1-11(15)6-5-9-16-14-12-7-3-2-4-8-13(12)17-10-18-14/h10-11H,2-9,15H2,1H3,(H,16,17,18). The van der Waals surface area contributed by atoms with Crippen molar-refractivity contribution in [1.29, 1.82) is 0 Å². The van der Waals surface area contributed by atoms with Crippen molar-refractivity contribution in [3.8, 4) is 0 Å². The highest BCUT2D eigenvalue weighted by Gasteiger charge is 2.13. The van der Waals surface area contributed by atoms with Gasteiger partial charge in [0.2, 0.25) is 0 Å². The molecule has 1 unspecified atom stereocenters. The molecule has 3 N–H and O–H groups in total. The number of nitrogens with zero attached hydrogens (tertiary/aromatic N) is 2. The van der Waals surface area contributed by atoms with Gasteiger partial charge in [-0.1, -0.05) is 6.42 Å². The van der Waals surface area contributed by atoms with Gasteiger partial charge in [-0.3, -0.25) is 0 Å².